The zero-order valence-electron chi connectivity index (χ0n) is 8.81. The molecule has 0 aliphatic heterocycles. The van der Waals surface area contributed by atoms with Crippen molar-refractivity contribution >= 4 is 9.76 Å². The molecular formula is C11H20OSi. The van der Waals surface area contributed by atoms with Gasteiger partial charge in [-0.25, -0.2) is 0 Å². The molecule has 0 atom stereocenters. The fraction of sp³-hybridized carbons (Fsp3) is 0.818. The van der Waals surface area contributed by atoms with Crippen LogP contribution in [0.15, 0.2) is 11.3 Å². The van der Waals surface area contributed by atoms with Crippen LogP contribution in [0.25, 0.3) is 0 Å². The lowest BCUT2D eigenvalue weighted by Gasteiger charge is -2.27. The molecule has 2 aliphatic rings. The average molecular weight is 196 g/mol. The Hall–Kier alpha value is -0.0831. The molecule has 74 valence electrons. The van der Waals surface area contributed by atoms with Gasteiger partial charge in [-0.15, -0.1) is 0 Å². The molecule has 2 bridgehead atoms. The second kappa shape index (κ2) is 3.58. The van der Waals surface area contributed by atoms with Crippen LogP contribution in [0.5, 0.6) is 0 Å². The summed E-state index contributed by atoms with van der Waals surface area (Å²) >= 11 is 0. The quantitative estimate of drug-likeness (QED) is 0.630. The second-order valence-corrected chi connectivity index (χ2v) is 6.45. The van der Waals surface area contributed by atoms with E-state index in [1.54, 1.807) is 0 Å². The van der Waals surface area contributed by atoms with Gasteiger partial charge in [0.05, 0.1) is 5.60 Å². The molecule has 0 aromatic heterocycles. The SMILES string of the molecule is C/C=C(\C)[SiH2]OC12CCC(CC1)C2. The molecule has 2 rings (SSSR count). The topological polar surface area (TPSA) is 9.23 Å². The zero-order valence-corrected chi connectivity index (χ0v) is 10.2. The summed E-state index contributed by atoms with van der Waals surface area (Å²) in [7, 11) is -0.374. The van der Waals surface area contributed by atoms with Gasteiger partial charge in [-0.05, 0) is 51.9 Å². The molecule has 2 fully saturated rings. The van der Waals surface area contributed by atoms with Crippen molar-refractivity contribution in [3.63, 3.8) is 0 Å². The van der Waals surface area contributed by atoms with E-state index in [1.807, 2.05) is 0 Å². The van der Waals surface area contributed by atoms with E-state index in [0.29, 0.717) is 5.60 Å². The van der Waals surface area contributed by atoms with Gasteiger partial charge >= 0.3 is 0 Å². The predicted molar refractivity (Wildman–Crippen MR) is 58.4 cm³/mol. The zero-order chi connectivity index (χ0) is 9.31. The average Bonchev–Trinajstić information content (AvgIpc) is 2.74. The summed E-state index contributed by atoms with van der Waals surface area (Å²) < 4.78 is 6.20. The van der Waals surface area contributed by atoms with Crippen LogP contribution in [0.1, 0.15) is 46.0 Å². The van der Waals surface area contributed by atoms with Crippen molar-refractivity contribution < 1.29 is 4.43 Å². The number of fused-ring (bicyclic) bond motifs is 2. The number of rotatable bonds is 3. The van der Waals surface area contributed by atoms with Crippen molar-refractivity contribution in [2.45, 2.75) is 51.6 Å². The van der Waals surface area contributed by atoms with Gasteiger partial charge < -0.3 is 4.43 Å². The van der Waals surface area contributed by atoms with E-state index in [1.165, 1.54) is 37.3 Å². The fourth-order valence-electron chi connectivity index (χ4n) is 2.69. The minimum absolute atomic E-state index is 0.362. The van der Waals surface area contributed by atoms with Crippen LogP contribution in [0.2, 0.25) is 0 Å². The Morgan fingerprint density at radius 2 is 2.15 bits per heavy atom. The van der Waals surface area contributed by atoms with Crippen molar-refractivity contribution in [2.75, 3.05) is 0 Å². The van der Waals surface area contributed by atoms with E-state index in [9.17, 15) is 0 Å². The number of hydrogen-bond acceptors (Lipinski definition) is 1. The molecule has 0 spiro atoms. The molecule has 0 saturated heterocycles. The monoisotopic (exact) mass is 196 g/mol. The Labute approximate surface area is 83.5 Å². The van der Waals surface area contributed by atoms with Crippen molar-refractivity contribution in [2.24, 2.45) is 5.92 Å². The summed E-state index contributed by atoms with van der Waals surface area (Å²) in [4.78, 5) is 0. The molecule has 0 unspecified atom stereocenters. The van der Waals surface area contributed by atoms with E-state index in [-0.39, 0.29) is 9.76 Å². The third kappa shape index (κ3) is 1.89. The van der Waals surface area contributed by atoms with Crippen LogP contribution < -0.4 is 0 Å². The van der Waals surface area contributed by atoms with Gasteiger partial charge in [-0.2, -0.15) is 0 Å². The molecule has 0 amide bonds. The Bertz CT molecular complexity index is 214. The smallest absolute Gasteiger partial charge is 0.188 e. The maximum atomic E-state index is 6.20. The van der Waals surface area contributed by atoms with Gasteiger partial charge in [0.25, 0.3) is 0 Å². The highest BCUT2D eigenvalue weighted by molar-refractivity contribution is 6.37. The largest absolute Gasteiger partial charge is 0.413 e. The van der Waals surface area contributed by atoms with Crippen LogP contribution in [0, 0.1) is 5.92 Å². The first-order chi connectivity index (χ1) is 6.24. The lowest BCUT2D eigenvalue weighted by atomic mass is 9.98. The molecule has 2 saturated carbocycles. The lowest BCUT2D eigenvalue weighted by Crippen LogP contribution is -2.28. The van der Waals surface area contributed by atoms with Gasteiger partial charge in [0.15, 0.2) is 9.76 Å². The first kappa shape index (κ1) is 9.47. The second-order valence-electron chi connectivity index (χ2n) is 4.75. The highest BCUT2D eigenvalue weighted by atomic mass is 28.2. The third-order valence-electron chi connectivity index (χ3n) is 3.78. The Morgan fingerprint density at radius 3 is 2.62 bits per heavy atom. The van der Waals surface area contributed by atoms with E-state index < -0.39 is 0 Å². The summed E-state index contributed by atoms with van der Waals surface area (Å²) in [6.07, 6.45) is 9.15. The Balaban J connectivity index is 1.87. The number of allylic oxidation sites excluding steroid dienone is 2. The Kier molecular flexibility index (Phi) is 2.61. The van der Waals surface area contributed by atoms with Crippen molar-refractivity contribution in [3.8, 4) is 0 Å². The normalized spacial score (nSPS) is 39.5. The molecule has 0 aromatic rings. The van der Waals surface area contributed by atoms with Crippen LogP contribution in [-0.2, 0) is 4.43 Å². The highest BCUT2D eigenvalue weighted by Gasteiger charge is 2.45. The van der Waals surface area contributed by atoms with Crippen LogP contribution in [0.4, 0.5) is 0 Å². The van der Waals surface area contributed by atoms with Crippen LogP contribution in [-0.4, -0.2) is 15.4 Å². The van der Waals surface area contributed by atoms with Crippen molar-refractivity contribution in [1.29, 1.82) is 0 Å². The minimum Gasteiger partial charge on any atom is -0.413 e. The first-order valence-corrected chi connectivity index (χ1v) is 6.78. The van der Waals surface area contributed by atoms with E-state index in [2.05, 4.69) is 19.9 Å². The fourth-order valence-corrected chi connectivity index (χ4v) is 3.80. The van der Waals surface area contributed by atoms with Crippen LogP contribution >= 0.6 is 0 Å². The van der Waals surface area contributed by atoms with E-state index >= 15 is 0 Å². The van der Waals surface area contributed by atoms with Crippen LogP contribution in [0.3, 0.4) is 0 Å². The van der Waals surface area contributed by atoms with Crippen molar-refractivity contribution in [1.82, 2.24) is 0 Å². The number of hydrogen-bond donors (Lipinski definition) is 0. The lowest BCUT2D eigenvalue weighted by molar-refractivity contribution is 0.0871. The summed E-state index contributed by atoms with van der Waals surface area (Å²) in [6, 6.07) is 0. The minimum atomic E-state index is -0.374. The maximum Gasteiger partial charge on any atom is 0.188 e. The van der Waals surface area contributed by atoms with Gasteiger partial charge in [-0.1, -0.05) is 11.3 Å². The van der Waals surface area contributed by atoms with E-state index in [4.69, 9.17) is 4.43 Å². The molecule has 2 aliphatic carbocycles. The molecular weight excluding hydrogens is 176 g/mol. The van der Waals surface area contributed by atoms with Crippen molar-refractivity contribution in [3.05, 3.63) is 11.3 Å². The predicted octanol–water partition coefficient (Wildman–Crippen LogP) is 2.34. The molecule has 0 aromatic carbocycles. The van der Waals surface area contributed by atoms with Gasteiger partial charge in [0.1, 0.15) is 0 Å². The molecule has 1 nitrogen and oxygen atoms in total. The van der Waals surface area contributed by atoms with Gasteiger partial charge in [0.2, 0.25) is 0 Å². The molecule has 0 N–H and O–H groups in total. The third-order valence-corrected chi connectivity index (χ3v) is 5.40. The summed E-state index contributed by atoms with van der Waals surface area (Å²) in [6.45, 7) is 4.33. The summed E-state index contributed by atoms with van der Waals surface area (Å²) in [5, 5.41) is 1.50. The molecule has 13 heavy (non-hydrogen) atoms. The highest BCUT2D eigenvalue weighted by Crippen LogP contribution is 2.49. The summed E-state index contributed by atoms with van der Waals surface area (Å²) in [5.41, 5.74) is 0.362. The summed E-state index contributed by atoms with van der Waals surface area (Å²) in [5.74, 6) is 1.01. The van der Waals surface area contributed by atoms with E-state index in [0.717, 1.165) is 5.92 Å². The Morgan fingerprint density at radius 1 is 1.46 bits per heavy atom. The van der Waals surface area contributed by atoms with Gasteiger partial charge in [-0.3, -0.25) is 0 Å². The standard InChI is InChI=1S/C11H20OSi/c1-3-9(2)13-12-11-6-4-10(8-11)5-7-11/h3,10H,4-8,13H2,1-2H3/b9-3+. The molecule has 2 heteroatoms. The first-order valence-electron chi connectivity index (χ1n) is 5.50. The molecule has 0 heterocycles. The van der Waals surface area contributed by atoms with Gasteiger partial charge in [0, 0.05) is 0 Å². The maximum absolute atomic E-state index is 6.20. The molecule has 0 radical (unpaired) electrons.